The zero-order valence-corrected chi connectivity index (χ0v) is 18.7. The van der Waals surface area contributed by atoms with Crippen LogP contribution in [0.1, 0.15) is 26.4 Å². The summed E-state index contributed by atoms with van der Waals surface area (Å²) in [7, 11) is -4.04. The fourth-order valence-corrected chi connectivity index (χ4v) is 5.86. The number of hydrogen-bond acceptors (Lipinski definition) is 5. The van der Waals surface area contributed by atoms with Crippen LogP contribution in [0.4, 0.5) is 11.4 Å². The van der Waals surface area contributed by atoms with Crippen LogP contribution in [0, 0.1) is 13.8 Å². The number of thiophene rings is 1. The van der Waals surface area contributed by atoms with Gasteiger partial charge in [0.25, 0.3) is 10.0 Å². The van der Waals surface area contributed by atoms with Gasteiger partial charge in [-0.1, -0.05) is 47.5 Å². The van der Waals surface area contributed by atoms with E-state index in [2.05, 4.69) is 5.32 Å². The third-order valence-electron chi connectivity index (χ3n) is 4.92. The molecule has 0 spiro atoms. The molecule has 1 aliphatic heterocycles. The lowest BCUT2D eigenvalue weighted by molar-refractivity contribution is 0.104. The van der Waals surface area contributed by atoms with E-state index in [1.807, 2.05) is 44.2 Å². The van der Waals surface area contributed by atoms with Crippen molar-refractivity contribution in [2.24, 2.45) is 0 Å². The van der Waals surface area contributed by atoms with Crippen LogP contribution in [-0.2, 0) is 16.6 Å². The molecule has 0 unspecified atom stereocenters. The molecular weight excluding hydrogens is 440 g/mol. The molecular formula is C22H19ClN2O3S2. The Kier molecular flexibility index (Phi) is 5.44. The molecule has 1 aromatic heterocycles. The van der Waals surface area contributed by atoms with Gasteiger partial charge in [-0.25, -0.2) is 8.42 Å². The average molecular weight is 459 g/mol. The number of carbonyl (C=O) groups excluding carboxylic acids is 1. The number of carbonyl (C=O) groups is 1. The number of anilines is 2. The summed E-state index contributed by atoms with van der Waals surface area (Å²) in [6.45, 7) is 3.99. The Morgan fingerprint density at radius 1 is 1.10 bits per heavy atom. The molecule has 3 aromatic rings. The minimum atomic E-state index is -4.04. The maximum absolute atomic E-state index is 13.4. The highest BCUT2D eigenvalue weighted by Crippen LogP contribution is 2.39. The third-order valence-corrected chi connectivity index (χ3v) is 7.82. The maximum atomic E-state index is 13.4. The summed E-state index contributed by atoms with van der Waals surface area (Å²) in [5.74, 6) is -0.507. The van der Waals surface area contributed by atoms with Crippen LogP contribution >= 0.6 is 22.9 Å². The Bertz CT molecular complexity index is 1260. The van der Waals surface area contributed by atoms with E-state index in [0.29, 0.717) is 21.3 Å². The maximum Gasteiger partial charge on any atom is 0.270 e. The second kappa shape index (κ2) is 7.91. The summed E-state index contributed by atoms with van der Waals surface area (Å²) < 4.78 is 28.1. The van der Waals surface area contributed by atoms with Crippen LogP contribution < -0.4 is 9.62 Å². The van der Waals surface area contributed by atoms with Gasteiger partial charge in [0.15, 0.2) is 4.91 Å². The first-order valence-corrected chi connectivity index (χ1v) is 11.9. The van der Waals surface area contributed by atoms with Crippen molar-refractivity contribution in [3.63, 3.8) is 0 Å². The fraction of sp³-hybridized carbons (Fsp3) is 0.136. The quantitative estimate of drug-likeness (QED) is 0.524. The number of sulfonamides is 1. The second-order valence-corrected chi connectivity index (χ2v) is 10.3. The summed E-state index contributed by atoms with van der Waals surface area (Å²) in [6, 6.07) is 14.6. The highest BCUT2D eigenvalue weighted by atomic mass is 35.5. The van der Waals surface area contributed by atoms with Gasteiger partial charge in [-0.15, -0.1) is 11.3 Å². The zero-order valence-electron chi connectivity index (χ0n) is 16.3. The Morgan fingerprint density at radius 2 is 1.83 bits per heavy atom. The molecule has 0 aliphatic carbocycles. The molecule has 0 radical (unpaired) electrons. The fourth-order valence-electron chi connectivity index (χ4n) is 3.21. The van der Waals surface area contributed by atoms with Gasteiger partial charge < -0.3 is 5.32 Å². The molecule has 0 fully saturated rings. The van der Waals surface area contributed by atoms with Gasteiger partial charge in [-0.05, 0) is 48.6 Å². The number of benzene rings is 2. The van der Waals surface area contributed by atoms with E-state index >= 15 is 0 Å². The van der Waals surface area contributed by atoms with E-state index in [0.717, 1.165) is 16.7 Å². The molecule has 0 atom stereocenters. The standard InChI is InChI=1S/C22H19ClN2O3S2/c1-14-3-6-16(7-4-14)13-25-19-9-10-29-22(19)21(26)20(30(25,27)28)12-24-18-11-17(23)8-5-15(18)2/h3-12,24H,13H2,1-2H3/b20-12-. The first-order chi connectivity index (χ1) is 14.3. The number of allylic oxidation sites excluding steroid dienone is 1. The van der Waals surface area contributed by atoms with Gasteiger partial charge in [0.05, 0.1) is 12.2 Å². The Balaban J connectivity index is 1.75. The molecule has 0 bridgehead atoms. The van der Waals surface area contributed by atoms with Gasteiger partial charge in [0.2, 0.25) is 5.78 Å². The monoisotopic (exact) mass is 458 g/mol. The van der Waals surface area contributed by atoms with Crippen LogP contribution in [0.15, 0.2) is 65.0 Å². The van der Waals surface area contributed by atoms with Crippen molar-refractivity contribution in [1.82, 2.24) is 0 Å². The third kappa shape index (κ3) is 3.76. The molecule has 30 heavy (non-hydrogen) atoms. The molecule has 1 N–H and O–H groups in total. The highest BCUT2D eigenvalue weighted by molar-refractivity contribution is 7.97. The van der Waals surface area contributed by atoms with Crippen molar-refractivity contribution in [2.75, 3.05) is 9.62 Å². The Morgan fingerprint density at radius 3 is 2.57 bits per heavy atom. The van der Waals surface area contributed by atoms with Crippen LogP contribution in [-0.4, -0.2) is 14.2 Å². The van der Waals surface area contributed by atoms with Crippen molar-refractivity contribution in [1.29, 1.82) is 0 Å². The van der Waals surface area contributed by atoms with Gasteiger partial charge in [0, 0.05) is 16.9 Å². The molecule has 154 valence electrons. The summed E-state index contributed by atoms with van der Waals surface area (Å²) in [6.07, 6.45) is 1.27. The number of aryl methyl sites for hydroxylation is 2. The lowest BCUT2D eigenvalue weighted by Crippen LogP contribution is -2.38. The topological polar surface area (TPSA) is 66.5 Å². The Hall–Kier alpha value is -2.61. The molecule has 4 rings (SSSR count). The van der Waals surface area contributed by atoms with Gasteiger partial charge in [0.1, 0.15) is 4.88 Å². The lowest BCUT2D eigenvalue weighted by atomic mass is 10.1. The van der Waals surface area contributed by atoms with Crippen LogP contribution in [0.2, 0.25) is 5.02 Å². The molecule has 2 heterocycles. The first-order valence-electron chi connectivity index (χ1n) is 9.21. The van der Waals surface area contributed by atoms with E-state index < -0.39 is 15.8 Å². The predicted octanol–water partition coefficient (Wildman–Crippen LogP) is 5.50. The molecule has 0 amide bonds. The number of hydrogen-bond donors (Lipinski definition) is 1. The number of Topliss-reactive ketones (excluding diaryl/α,β-unsaturated/α-hetero) is 1. The van der Waals surface area contributed by atoms with Crippen molar-refractivity contribution in [3.05, 3.63) is 91.6 Å². The van der Waals surface area contributed by atoms with Crippen LogP contribution in [0.5, 0.6) is 0 Å². The van der Waals surface area contributed by atoms with Crippen LogP contribution in [0.3, 0.4) is 0 Å². The first kappa shape index (κ1) is 20.7. The normalized spacial score (nSPS) is 16.6. The zero-order chi connectivity index (χ0) is 21.5. The van der Waals surface area contributed by atoms with Crippen molar-refractivity contribution in [2.45, 2.75) is 20.4 Å². The van der Waals surface area contributed by atoms with E-state index in [1.54, 1.807) is 23.6 Å². The molecule has 1 aliphatic rings. The molecule has 8 heteroatoms. The SMILES string of the molecule is Cc1ccc(CN2c3ccsc3C(=O)/C(=C/Nc3cc(Cl)ccc3C)S2(=O)=O)cc1. The number of ketones is 1. The van der Waals surface area contributed by atoms with Gasteiger partial charge in [-0.3, -0.25) is 9.10 Å². The second-order valence-electron chi connectivity index (χ2n) is 7.07. The number of halogens is 1. The molecule has 2 aromatic carbocycles. The van der Waals surface area contributed by atoms with Crippen molar-refractivity contribution < 1.29 is 13.2 Å². The summed E-state index contributed by atoms with van der Waals surface area (Å²) in [5.41, 5.74) is 3.87. The number of nitrogens with one attached hydrogen (secondary N) is 1. The van der Waals surface area contributed by atoms with E-state index in [4.69, 9.17) is 11.6 Å². The lowest BCUT2D eigenvalue weighted by Gasteiger charge is -2.29. The van der Waals surface area contributed by atoms with Gasteiger partial charge in [-0.2, -0.15) is 0 Å². The summed E-state index contributed by atoms with van der Waals surface area (Å²) in [4.78, 5) is 13.1. The average Bonchev–Trinajstić information content (AvgIpc) is 3.18. The minimum Gasteiger partial charge on any atom is -0.360 e. The molecule has 0 saturated heterocycles. The number of nitrogens with zero attached hydrogens (tertiary/aromatic N) is 1. The summed E-state index contributed by atoms with van der Waals surface area (Å²) in [5, 5.41) is 5.20. The van der Waals surface area contributed by atoms with E-state index in [1.165, 1.54) is 21.8 Å². The number of rotatable bonds is 4. The minimum absolute atomic E-state index is 0.146. The van der Waals surface area contributed by atoms with Crippen molar-refractivity contribution in [3.8, 4) is 0 Å². The van der Waals surface area contributed by atoms with E-state index in [-0.39, 0.29) is 11.4 Å². The number of fused-ring (bicyclic) bond motifs is 1. The summed E-state index contributed by atoms with van der Waals surface area (Å²) >= 11 is 7.28. The largest absolute Gasteiger partial charge is 0.360 e. The molecule has 5 nitrogen and oxygen atoms in total. The van der Waals surface area contributed by atoms with Crippen molar-refractivity contribution >= 4 is 50.1 Å². The Labute approximate surface area is 184 Å². The predicted molar refractivity (Wildman–Crippen MR) is 123 cm³/mol. The highest BCUT2D eigenvalue weighted by Gasteiger charge is 2.41. The van der Waals surface area contributed by atoms with Crippen LogP contribution in [0.25, 0.3) is 0 Å². The molecule has 0 saturated carbocycles. The van der Waals surface area contributed by atoms with E-state index in [9.17, 15) is 13.2 Å². The smallest absolute Gasteiger partial charge is 0.270 e. The van der Waals surface area contributed by atoms with Gasteiger partial charge >= 0.3 is 0 Å².